The number of fused-ring (bicyclic) bond motifs is 1. The fourth-order valence-corrected chi connectivity index (χ4v) is 3.27. The third kappa shape index (κ3) is 2.73. The van der Waals surface area contributed by atoms with Gasteiger partial charge in [-0.25, -0.2) is 4.52 Å². The number of pyridine rings is 2. The largest absolute Gasteiger partial charge is 0.485 e. The maximum atomic E-state index is 6.20. The highest BCUT2D eigenvalue weighted by atomic mass is 16.5. The van der Waals surface area contributed by atoms with Crippen LogP contribution in [0.25, 0.3) is 16.6 Å². The van der Waals surface area contributed by atoms with Crippen LogP contribution in [0.3, 0.4) is 0 Å². The van der Waals surface area contributed by atoms with E-state index in [-0.39, 0.29) is 0 Å². The van der Waals surface area contributed by atoms with Crippen LogP contribution in [0.2, 0.25) is 0 Å². The first-order valence-electron chi connectivity index (χ1n) is 8.81. The molecule has 1 saturated carbocycles. The zero-order chi connectivity index (χ0) is 17.5. The highest BCUT2D eigenvalue weighted by molar-refractivity contribution is 5.73. The summed E-state index contributed by atoms with van der Waals surface area (Å²) in [4.78, 5) is 4.35. The molecular weight excluding hydrogens is 326 g/mol. The maximum Gasteiger partial charge on any atom is 0.146 e. The topological polar surface area (TPSA) is 57.2 Å². The van der Waals surface area contributed by atoms with E-state index in [1.165, 1.54) is 18.4 Å². The highest BCUT2D eigenvalue weighted by Crippen LogP contribution is 2.44. The molecule has 0 unspecified atom stereocenters. The second-order valence-corrected chi connectivity index (χ2v) is 6.77. The van der Waals surface area contributed by atoms with Crippen molar-refractivity contribution < 1.29 is 4.74 Å². The van der Waals surface area contributed by atoms with E-state index in [4.69, 9.17) is 4.74 Å². The number of nitrogens with zero attached hydrogens (tertiary/aromatic N) is 5. The Kier molecular flexibility index (Phi) is 3.48. The van der Waals surface area contributed by atoms with Gasteiger partial charge in [-0.1, -0.05) is 6.07 Å². The molecule has 4 aromatic rings. The van der Waals surface area contributed by atoms with E-state index in [0.717, 1.165) is 28.1 Å². The minimum Gasteiger partial charge on any atom is -0.485 e. The van der Waals surface area contributed by atoms with E-state index in [9.17, 15) is 0 Å². The molecule has 26 heavy (non-hydrogen) atoms. The van der Waals surface area contributed by atoms with Gasteiger partial charge in [0.15, 0.2) is 0 Å². The lowest BCUT2D eigenvalue weighted by atomic mass is 10.1. The molecule has 0 saturated heterocycles. The number of aromatic nitrogens is 5. The minimum absolute atomic E-state index is 0.433. The van der Waals surface area contributed by atoms with Crippen LogP contribution in [0.5, 0.6) is 5.75 Å². The Bertz CT molecular complexity index is 1060. The number of hydrogen-bond acceptors (Lipinski definition) is 4. The van der Waals surface area contributed by atoms with Gasteiger partial charge in [-0.3, -0.25) is 9.67 Å². The van der Waals surface area contributed by atoms with Crippen LogP contribution in [0.1, 0.15) is 30.0 Å². The predicted octanol–water partition coefficient (Wildman–Crippen LogP) is 3.59. The Morgan fingerprint density at radius 2 is 2.04 bits per heavy atom. The zero-order valence-corrected chi connectivity index (χ0v) is 14.5. The molecular formula is C20H19N5O. The van der Waals surface area contributed by atoms with Crippen LogP contribution in [-0.4, -0.2) is 24.4 Å². The van der Waals surface area contributed by atoms with Crippen molar-refractivity contribution >= 4 is 5.52 Å². The molecule has 0 spiro atoms. The van der Waals surface area contributed by atoms with Crippen LogP contribution in [0.15, 0.2) is 55.2 Å². The monoisotopic (exact) mass is 345 g/mol. The van der Waals surface area contributed by atoms with Gasteiger partial charge in [-0.05, 0) is 37.0 Å². The van der Waals surface area contributed by atoms with Gasteiger partial charge in [0.05, 0.1) is 18.1 Å². The first-order valence-corrected chi connectivity index (χ1v) is 8.81. The lowest BCUT2D eigenvalue weighted by Crippen LogP contribution is -2.01. The molecule has 0 aliphatic heterocycles. The van der Waals surface area contributed by atoms with E-state index >= 15 is 0 Å². The Hall–Kier alpha value is -3.15. The molecule has 0 amide bonds. The smallest absolute Gasteiger partial charge is 0.146 e. The second kappa shape index (κ2) is 5.98. The highest BCUT2D eigenvalue weighted by Gasteiger charge is 2.28. The van der Waals surface area contributed by atoms with Gasteiger partial charge in [0.25, 0.3) is 0 Å². The average Bonchev–Trinajstić information content (AvgIpc) is 3.27. The molecule has 130 valence electrons. The van der Waals surface area contributed by atoms with E-state index in [2.05, 4.69) is 21.2 Å². The Morgan fingerprint density at radius 1 is 1.12 bits per heavy atom. The fourth-order valence-electron chi connectivity index (χ4n) is 3.27. The number of rotatable bonds is 5. The summed E-state index contributed by atoms with van der Waals surface area (Å²) in [7, 11) is 1.92. The Labute approximate surface area is 151 Å². The van der Waals surface area contributed by atoms with Gasteiger partial charge in [0.2, 0.25) is 0 Å². The van der Waals surface area contributed by atoms with Gasteiger partial charge in [0.1, 0.15) is 17.9 Å². The van der Waals surface area contributed by atoms with Crippen molar-refractivity contribution in [3.05, 3.63) is 66.5 Å². The van der Waals surface area contributed by atoms with Crippen molar-refractivity contribution in [2.75, 3.05) is 0 Å². The number of hydrogen-bond donors (Lipinski definition) is 0. The molecule has 1 fully saturated rings. The molecule has 1 aliphatic carbocycles. The van der Waals surface area contributed by atoms with E-state index < -0.39 is 0 Å². The minimum atomic E-state index is 0.433. The van der Waals surface area contributed by atoms with Crippen molar-refractivity contribution in [2.45, 2.75) is 25.4 Å². The van der Waals surface area contributed by atoms with Crippen molar-refractivity contribution in [1.29, 1.82) is 0 Å². The summed E-state index contributed by atoms with van der Waals surface area (Å²) >= 11 is 0. The molecule has 4 aromatic heterocycles. The SMILES string of the molecule is Cn1cc(-c2cc(OCc3ccccn3)c3c(C4CC4)cnn3c2)cn1. The molecule has 0 aromatic carbocycles. The molecule has 6 heteroatoms. The molecule has 6 nitrogen and oxygen atoms in total. The van der Waals surface area contributed by atoms with Crippen LogP contribution >= 0.6 is 0 Å². The molecule has 0 atom stereocenters. The van der Waals surface area contributed by atoms with E-state index in [0.29, 0.717) is 12.5 Å². The molecule has 0 radical (unpaired) electrons. The van der Waals surface area contributed by atoms with Crippen molar-refractivity contribution in [2.24, 2.45) is 7.05 Å². The molecule has 1 aliphatic rings. The summed E-state index contributed by atoms with van der Waals surface area (Å²) in [6.45, 7) is 0.433. The number of aryl methyl sites for hydroxylation is 1. The normalized spacial score (nSPS) is 14.0. The summed E-state index contributed by atoms with van der Waals surface area (Å²) < 4.78 is 9.93. The lowest BCUT2D eigenvalue weighted by molar-refractivity contribution is 0.303. The van der Waals surface area contributed by atoms with Crippen molar-refractivity contribution in [1.82, 2.24) is 24.4 Å². The first kappa shape index (κ1) is 15.1. The average molecular weight is 345 g/mol. The van der Waals surface area contributed by atoms with Crippen molar-refractivity contribution in [3.63, 3.8) is 0 Å². The quantitative estimate of drug-likeness (QED) is 0.555. The van der Waals surface area contributed by atoms with Crippen LogP contribution in [0.4, 0.5) is 0 Å². The van der Waals surface area contributed by atoms with E-state index in [1.807, 2.05) is 54.5 Å². The molecule has 0 N–H and O–H groups in total. The van der Waals surface area contributed by atoms with Gasteiger partial charge < -0.3 is 4.74 Å². The summed E-state index contributed by atoms with van der Waals surface area (Å²) in [5.41, 5.74) is 5.33. The van der Waals surface area contributed by atoms with Gasteiger partial charge in [0, 0.05) is 42.3 Å². The summed E-state index contributed by atoms with van der Waals surface area (Å²) in [6.07, 6.45) is 12.1. The van der Waals surface area contributed by atoms with Crippen LogP contribution in [0, 0.1) is 0 Å². The third-order valence-electron chi connectivity index (χ3n) is 4.76. The zero-order valence-electron chi connectivity index (χ0n) is 14.5. The number of ether oxygens (including phenoxy) is 1. The fraction of sp³-hybridized carbons (Fsp3) is 0.250. The van der Waals surface area contributed by atoms with Gasteiger partial charge in [-0.15, -0.1) is 0 Å². The summed E-state index contributed by atoms with van der Waals surface area (Å²) in [6, 6.07) is 7.94. The van der Waals surface area contributed by atoms with Crippen LogP contribution < -0.4 is 4.74 Å². The van der Waals surface area contributed by atoms with E-state index in [1.54, 1.807) is 10.9 Å². The standard InChI is InChI=1S/C20H19N5O/c1-24-11-16(9-22-24)15-8-19(26-13-17-4-2-3-7-21-17)20-18(14-5-6-14)10-23-25(20)12-15/h2-4,7-12,14H,5-6,13H2,1H3. The molecule has 5 rings (SSSR count). The summed E-state index contributed by atoms with van der Waals surface area (Å²) in [5, 5.41) is 8.86. The van der Waals surface area contributed by atoms with Crippen molar-refractivity contribution in [3.8, 4) is 16.9 Å². The van der Waals surface area contributed by atoms with Crippen LogP contribution in [-0.2, 0) is 13.7 Å². The molecule has 0 bridgehead atoms. The maximum absolute atomic E-state index is 6.20. The Balaban J connectivity index is 1.59. The third-order valence-corrected chi connectivity index (χ3v) is 4.76. The van der Waals surface area contributed by atoms with Gasteiger partial charge in [-0.2, -0.15) is 10.2 Å². The predicted molar refractivity (Wildman–Crippen MR) is 97.9 cm³/mol. The summed E-state index contributed by atoms with van der Waals surface area (Å²) in [5.74, 6) is 1.45. The lowest BCUT2D eigenvalue weighted by Gasteiger charge is -2.11. The first-order chi connectivity index (χ1) is 12.8. The van der Waals surface area contributed by atoms with Gasteiger partial charge >= 0.3 is 0 Å². The molecule has 4 heterocycles. The Morgan fingerprint density at radius 3 is 2.77 bits per heavy atom. The second-order valence-electron chi connectivity index (χ2n) is 6.77.